The summed E-state index contributed by atoms with van der Waals surface area (Å²) in [5, 5.41) is 4.91. The van der Waals surface area contributed by atoms with Crippen LogP contribution in [0.25, 0.3) is 88.8 Å². The van der Waals surface area contributed by atoms with Gasteiger partial charge in [0, 0.05) is 27.5 Å². The number of hydrogen-bond acceptors (Lipinski definition) is 2. The molecule has 0 saturated heterocycles. The van der Waals surface area contributed by atoms with Crippen molar-refractivity contribution >= 4 is 21.5 Å². The maximum Gasteiger partial charge on any atom is 0.161 e. The lowest BCUT2D eigenvalue weighted by Gasteiger charge is -2.24. The molecule has 2 aliphatic rings. The fraction of sp³-hybridized carbons (Fsp3) is 0.111. The summed E-state index contributed by atoms with van der Waals surface area (Å²) >= 11 is 0. The number of rotatable bonds is 4. The molecule has 0 unspecified atom stereocenters. The Hall–Kier alpha value is -6.64. The standard InChI is InChI=1S/C54H40N2/c1-53(2)45-27-15-23-40(50(45)49-35-19-9-8-16-33(35)28-31-46(49)53)38-29-30-42(37-21-11-10-20-36(37)38)52-55-47(34-17-6-5-7-18-34)32-48(56-52)43-25-14-24-41-39-22-12-13-26-44(39)54(3,4)51(41)43/h5-32H,1-4H3. The van der Waals surface area contributed by atoms with Gasteiger partial charge in [-0.3, -0.25) is 0 Å². The maximum absolute atomic E-state index is 5.49. The summed E-state index contributed by atoms with van der Waals surface area (Å²) in [4.78, 5) is 10.8. The minimum atomic E-state index is -0.177. The molecule has 0 N–H and O–H groups in total. The highest BCUT2D eigenvalue weighted by Gasteiger charge is 2.39. The Bertz CT molecular complexity index is 3080. The van der Waals surface area contributed by atoms with Crippen molar-refractivity contribution in [2.75, 3.05) is 0 Å². The van der Waals surface area contributed by atoms with Gasteiger partial charge in [-0.1, -0.05) is 185 Å². The van der Waals surface area contributed by atoms with E-state index in [1.54, 1.807) is 0 Å². The van der Waals surface area contributed by atoms with E-state index in [-0.39, 0.29) is 10.8 Å². The molecular formula is C54H40N2. The molecule has 8 aromatic carbocycles. The van der Waals surface area contributed by atoms with E-state index < -0.39 is 0 Å². The maximum atomic E-state index is 5.49. The molecule has 1 heterocycles. The predicted molar refractivity (Wildman–Crippen MR) is 234 cm³/mol. The first-order valence-corrected chi connectivity index (χ1v) is 19.7. The first-order chi connectivity index (χ1) is 27.3. The Kier molecular flexibility index (Phi) is 6.98. The van der Waals surface area contributed by atoms with Crippen molar-refractivity contribution in [3.63, 3.8) is 0 Å². The Morgan fingerprint density at radius 3 is 1.79 bits per heavy atom. The Balaban J connectivity index is 1.14. The van der Waals surface area contributed by atoms with Crippen molar-refractivity contribution in [2.45, 2.75) is 38.5 Å². The Morgan fingerprint density at radius 2 is 0.946 bits per heavy atom. The lowest BCUT2D eigenvalue weighted by molar-refractivity contribution is 0.661. The molecule has 0 saturated carbocycles. The fourth-order valence-electron chi connectivity index (χ4n) is 10.0. The molecule has 11 rings (SSSR count). The van der Waals surface area contributed by atoms with Crippen molar-refractivity contribution < 1.29 is 0 Å². The van der Waals surface area contributed by atoms with Gasteiger partial charge in [-0.15, -0.1) is 0 Å². The highest BCUT2D eigenvalue weighted by atomic mass is 14.9. The number of aromatic nitrogens is 2. The van der Waals surface area contributed by atoms with Gasteiger partial charge >= 0.3 is 0 Å². The summed E-state index contributed by atoms with van der Waals surface area (Å²) in [7, 11) is 0. The van der Waals surface area contributed by atoms with Gasteiger partial charge in [0.1, 0.15) is 0 Å². The van der Waals surface area contributed by atoms with E-state index in [9.17, 15) is 0 Å². The van der Waals surface area contributed by atoms with Gasteiger partial charge in [0.25, 0.3) is 0 Å². The molecule has 56 heavy (non-hydrogen) atoms. The van der Waals surface area contributed by atoms with Gasteiger partial charge in [-0.2, -0.15) is 0 Å². The van der Waals surface area contributed by atoms with E-state index in [0.717, 1.165) is 39.3 Å². The third kappa shape index (κ3) is 4.62. The van der Waals surface area contributed by atoms with E-state index in [4.69, 9.17) is 9.97 Å². The molecule has 2 heteroatoms. The van der Waals surface area contributed by atoms with Gasteiger partial charge in [0.2, 0.25) is 0 Å². The van der Waals surface area contributed by atoms with Gasteiger partial charge in [-0.25, -0.2) is 9.97 Å². The first-order valence-electron chi connectivity index (χ1n) is 19.7. The minimum Gasteiger partial charge on any atom is -0.228 e. The lowest BCUT2D eigenvalue weighted by atomic mass is 9.79. The molecule has 0 bridgehead atoms. The number of hydrogen-bond donors (Lipinski definition) is 0. The van der Waals surface area contributed by atoms with Crippen LogP contribution in [0.4, 0.5) is 0 Å². The molecule has 2 aliphatic carbocycles. The van der Waals surface area contributed by atoms with Crippen LogP contribution >= 0.6 is 0 Å². The molecule has 0 atom stereocenters. The zero-order valence-electron chi connectivity index (χ0n) is 32.1. The summed E-state index contributed by atoms with van der Waals surface area (Å²) in [5.74, 6) is 0.728. The minimum absolute atomic E-state index is 0.115. The van der Waals surface area contributed by atoms with Crippen LogP contribution in [0, 0.1) is 0 Å². The molecule has 0 radical (unpaired) electrons. The quantitative estimate of drug-likeness (QED) is 0.181. The molecule has 0 aliphatic heterocycles. The van der Waals surface area contributed by atoms with Crippen molar-refractivity contribution in [3.05, 3.63) is 192 Å². The van der Waals surface area contributed by atoms with E-state index >= 15 is 0 Å². The Labute approximate surface area is 328 Å². The van der Waals surface area contributed by atoms with Crippen molar-refractivity contribution in [2.24, 2.45) is 0 Å². The van der Waals surface area contributed by atoms with Crippen molar-refractivity contribution in [1.82, 2.24) is 9.97 Å². The van der Waals surface area contributed by atoms with Crippen LogP contribution in [0.2, 0.25) is 0 Å². The lowest BCUT2D eigenvalue weighted by Crippen LogP contribution is -2.16. The smallest absolute Gasteiger partial charge is 0.161 e. The van der Waals surface area contributed by atoms with E-state index in [1.807, 2.05) is 0 Å². The summed E-state index contributed by atoms with van der Waals surface area (Å²) in [6.45, 7) is 9.43. The molecule has 9 aromatic rings. The fourth-order valence-corrected chi connectivity index (χ4v) is 10.0. The van der Waals surface area contributed by atoms with E-state index in [1.165, 1.54) is 71.8 Å². The van der Waals surface area contributed by atoms with Crippen LogP contribution in [0.3, 0.4) is 0 Å². The number of benzene rings is 8. The molecule has 2 nitrogen and oxygen atoms in total. The monoisotopic (exact) mass is 716 g/mol. The van der Waals surface area contributed by atoms with Crippen LogP contribution in [-0.4, -0.2) is 9.97 Å². The summed E-state index contributed by atoms with van der Waals surface area (Å²) < 4.78 is 0. The van der Waals surface area contributed by atoms with Gasteiger partial charge < -0.3 is 0 Å². The van der Waals surface area contributed by atoms with E-state index in [0.29, 0.717) is 0 Å². The van der Waals surface area contributed by atoms with Crippen LogP contribution < -0.4 is 0 Å². The largest absolute Gasteiger partial charge is 0.228 e. The highest BCUT2D eigenvalue weighted by Crippen LogP contribution is 2.56. The van der Waals surface area contributed by atoms with Crippen LogP contribution in [-0.2, 0) is 10.8 Å². The van der Waals surface area contributed by atoms with Crippen LogP contribution in [0.5, 0.6) is 0 Å². The number of nitrogens with zero attached hydrogens (tertiary/aromatic N) is 2. The third-order valence-electron chi connectivity index (χ3n) is 12.7. The second-order valence-electron chi connectivity index (χ2n) is 16.5. The molecule has 0 fully saturated rings. The van der Waals surface area contributed by atoms with Crippen LogP contribution in [0.1, 0.15) is 49.9 Å². The normalized spacial score (nSPS) is 14.4. The molecule has 0 spiro atoms. The average Bonchev–Trinajstić information content (AvgIpc) is 3.63. The van der Waals surface area contributed by atoms with Crippen molar-refractivity contribution in [1.29, 1.82) is 0 Å². The Morgan fingerprint density at radius 1 is 0.357 bits per heavy atom. The average molecular weight is 717 g/mol. The summed E-state index contributed by atoms with van der Waals surface area (Å²) in [5.41, 5.74) is 18.0. The second-order valence-corrected chi connectivity index (χ2v) is 16.5. The zero-order chi connectivity index (χ0) is 37.8. The zero-order valence-corrected chi connectivity index (χ0v) is 32.1. The topological polar surface area (TPSA) is 25.8 Å². The molecule has 266 valence electrons. The van der Waals surface area contributed by atoms with E-state index in [2.05, 4.69) is 198 Å². The second kappa shape index (κ2) is 11.9. The number of fused-ring (bicyclic) bond motifs is 9. The first kappa shape index (κ1) is 32.8. The predicted octanol–water partition coefficient (Wildman–Crippen LogP) is 14.1. The van der Waals surface area contributed by atoms with Gasteiger partial charge in [0.15, 0.2) is 5.82 Å². The highest BCUT2D eigenvalue weighted by molar-refractivity contribution is 6.11. The third-order valence-corrected chi connectivity index (χ3v) is 12.7. The van der Waals surface area contributed by atoms with Gasteiger partial charge in [-0.05, 0) is 89.3 Å². The van der Waals surface area contributed by atoms with Crippen LogP contribution in [0.15, 0.2) is 170 Å². The van der Waals surface area contributed by atoms with Crippen molar-refractivity contribution in [3.8, 4) is 67.3 Å². The molecular weight excluding hydrogens is 677 g/mol. The molecule has 0 amide bonds. The summed E-state index contributed by atoms with van der Waals surface area (Å²) in [6, 6.07) is 61.9. The molecule has 1 aromatic heterocycles. The van der Waals surface area contributed by atoms with Gasteiger partial charge in [0.05, 0.1) is 11.4 Å². The SMILES string of the molecule is CC1(C)c2cccc(-c3ccc(-c4nc(-c5ccccc5)cc(-c5cccc6c5C(C)(C)c5ccccc5-6)n4)c4ccccc34)c2-c2c1ccc1ccccc21. The summed E-state index contributed by atoms with van der Waals surface area (Å²) in [6.07, 6.45) is 0.